The Kier molecular flexibility index (Phi) is 10.1. The average molecular weight is 459 g/mol. The van der Waals surface area contributed by atoms with Gasteiger partial charge in [0.05, 0.1) is 30.5 Å². The predicted molar refractivity (Wildman–Crippen MR) is 134 cm³/mol. The molecule has 0 heterocycles. The summed E-state index contributed by atoms with van der Waals surface area (Å²) in [5.41, 5.74) is 2.53. The summed E-state index contributed by atoms with van der Waals surface area (Å²) in [5, 5.41) is 30.1. The maximum Gasteiger partial charge on any atom is 0.0751 e. The highest BCUT2D eigenvalue weighted by Crippen LogP contribution is 2.49. The van der Waals surface area contributed by atoms with Crippen LogP contribution < -0.4 is 0 Å². The van der Waals surface area contributed by atoms with Gasteiger partial charge in [0.2, 0.25) is 0 Å². The van der Waals surface area contributed by atoms with Gasteiger partial charge in [-0.25, -0.2) is 0 Å². The summed E-state index contributed by atoms with van der Waals surface area (Å²) in [5.74, 6) is 6.32. The van der Waals surface area contributed by atoms with Crippen molar-refractivity contribution in [3.05, 3.63) is 23.3 Å². The topological polar surface area (TPSA) is 69.9 Å². The summed E-state index contributed by atoms with van der Waals surface area (Å²) in [6.07, 6.45) is 18.5. The van der Waals surface area contributed by atoms with Crippen molar-refractivity contribution in [2.24, 2.45) is 5.41 Å². The van der Waals surface area contributed by atoms with E-state index in [1.165, 1.54) is 49.7 Å². The molecule has 0 aromatic rings. The van der Waals surface area contributed by atoms with Gasteiger partial charge in [0.1, 0.15) is 0 Å². The van der Waals surface area contributed by atoms with Crippen LogP contribution in [0.2, 0.25) is 0 Å². The number of hydrogen-bond acceptors (Lipinski definition) is 4. The van der Waals surface area contributed by atoms with Gasteiger partial charge in [-0.3, -0.25) is 0 Å². The van der Waals surface area contributed by atoms with E-state index in [0.29, 0.717) is 43.8 Å². The van der Waals surface area contributed by atoms with Crippen LogP contribution in [0.3, 0.4) is 0 Å². The second-order valence-electron chi connectivity index (χ2n) is 10.9. The second-order valence-corrected chi connectivity index (χ2v) is 10.9. The third-order valence-corrected chi connectivity index (χ3v) is 8.33. The molecule has 3 rings (SSSR count). The first kappa shape index (κ1) is 26.5. The third-order valence-electron chi connectivity index (χ3n) is 8.33. The van der Waals surface area contributed by atoms with Gasteiger partial charge in [-0.1, -0.05) is 37.1 Å². The van der Waals surface area contributed by atoms with Gasteiger partial charge < -0.3 is 20.1 Å². The SMILES string of the molecule is CCC(O)(CC)CC#CCCOC1CCC2(CCC/C(=C\C=C3C[C@@H](O)C[C@@H](O)C3)C2)CC1. The van der Waals surface area contributed by atoms with Crippen molar-refractivity contribution < 1.29 is 20.1 Å². The van der Waals surface area contributed by atoms with E-state index in [2.05, 4.69) is 24.0 Å². The van der Waals surface area contributed by atoms with E-state index in [1.807, 2.05) is 13.8 Å². The lowest BCUT2D eigenvalue weighted by atomic mass is 9.63. The smallest absolute Gasteiger partial charge is 0.0751 e. The van der Waals surface area contributed by atoms with Crippen molar-refractivity contribution in [2.45, 2.75) is 134 Å². The molecule has 0 aromatic heterocycles. The van der Waals surface area contributed by atoms with Crippen LogP contribution >= 0.6 is 0 Å². The maximum atomic E-state index is 10.3. The minimum absolute atomic E-state index is 0.363. The summed E-state index contributed by atoms with van der Waals surface area (Å²) in [7, 11) is 0. The Morgan fingerprint density at radius 2 is 1.67 bits per heavy atom. The molecule has 0 unspecified atom stereocenters. The molecule has 0 radical (unpaired) electrons. The molecule has 1 spiro atoms. The summed E-state index contributed by atoms with van der Waals surface area (Å²) < 4.78 is 6.14. The Morgan fingerprint density at radius 1 is 1.00 bits per heavy atom. The van der Waals surface area contributed by atoms with Crippen LogP contribution in [0.4, 0.5) is 0 Å². The first-order valence-electron chi connectivity index (χ1n) is 13.4. The van der Waals surface area contributed by atoms with E-state index in [4.69, 9.17) is 4.74 Å². The normalized spacial score (nSPS) is 33.3. The zero-order chi connectivity index (χ0) is 23.7. The monoisotopic (exact) mass is 458 g/mol. The van der Waals surface area contributed by atoms with E-state index in [0.717, 1.165) is 32.1 Å². The van der Waals surface area contributed by atoms with Crippen LogP contribution in [-0.2, 0) is 4.74 Å². The minimum atomic E-state index is -0.631. The quantitative estimate of drug-likeness (QED) is 0.343. The molecule has 0 amide bonds. The largest absolute Gasteiger partial charge is 0.393 e. The summed E-state index contributed by atoms with van der Waals surface area (Å²) in [4.78, 5) is 0. The number of rotatable bonds is 7. The molecular formula is C29H46O4. The molecule has 0 saturated heterocycles. The van der Waals surface area contributed by atoms with Crippen LogP contribution in [0.5, 0.6) is 0 Å². The fourth-order valence-corrected chi connectivity index (χ4v) is 5.92. The lowest BCUT2D eigenvalue weighted by Gasteiger charge is -2.43. The zero-order valence-electron chi connectivity index (χ0n) is 21.0. The Hall–Kier alpha value is -1.12. The molecule has 3 saturated carbocycles. The molecule has 3 aliphatic carbocycles. The van der Waals surface area contributed by atoms with Gasteiger partial charge in [0.15, 0.2) is 0 Å². The second kappa shape index (κ2) is 12.5. The van der Waals surface area contributed by atoms with E-state index in [9.17, 15) is 15.3 Å². The number of aliphatic hydroxyl groups is 3. The van der Waals surface area contributed by atoms with Crippen molar-refractivity contribution in [1.82, 2.24) is 0 Å². The van der Waals surface area contributed by atoms with E-state index in [1.54, 1.807) is 0 Å². The highest BCUT2D eigenvalue weighted by molar-refractivity contribution is 5.22. The average Bonchev–Trinajstić information content (AvgIpc) is 2.81. The van der Waals surface area contributed by atoms with Crippen LogP contribution in [0.15, 0.2) is 23.3 Å². The van der Waals surface area contributed by atoms with Gasteiger partial charge >= 0.3 is 0 Å². The fraction of sp³-hybridized carbons (Fsp3) is 0.793. The Morgan fingerprint density at radius 3 is 2.33 bits per heavy atom. The van der Waals surface area contributed by atoms with Crippen molar-refractivity contribution in [3.8, 4) is 11.8 Å². The molecule has 0 bridgehead atoms. The molecule has 3 N–H and O–H groups in total. The van der Waals surface area contributed by atoms with Crippen molar-refractivity contribution in [3.63, 3.8) is 0 Å². The highest BCUT2D eigenvalue weighted by Gasteiger charge is 2.37. The molecule has 0 aromatic carbocycles. The summed E-state index contributed by atoms with van der Waals surface area (Å²) >= 11 is 0. The maximum absolute atomic E-state index is 10.3. The Balaban J connectivity index is 1.40. The number of aliphatic hydroxyl groups excluding tert-OH is 2. The van der Waals surface area contributed by atoms with Crippen molar-refractivity contribution in [2.75, 3.05) is 6.61 Å². The van der Waals surface area contributed by atoms with Gasteiger partial charge in [-0.05, 0) is 88.9 Å². The van der Waals surface area contributed by atoms with Crippen molar-refractivity contribution in [1.29, 1.82) is 0 Å². The number of allylic oxidation sites excluding steroid dienone is 3. The van der Waals surface area contributed by atoms with Crippen LogP contribution in [0.25, 0.3) is 0 Å². The van der Waals surface area contributed by atoms with E-state index in [-0.39, 0.29) is 0 Å². The molecule has 4 nitrogen and oxygen atoms in total. The molecule has 4 heteroatoms. The summed E-state index contributed by atoms with van der Waals surface area (Å²) in [6, 6.07) is 0. The van der Waals surface area contributed by atoms with Crippen LogP contribution in [-0.4, -0.2) is 45.8 Å². The predicted octanol–water partition coefficient (Wildman–Crippen LogP) is 5.60. The molecule has 186 valence electrons. The minimum Gasteiger partial charge on any atom is -0.393 e. The molecule has 3 aliphatic rings. The zero-order valence-corrected chi connectivity index (χ0v) is 21.0. The highest BCUT2D eigenvalue weighted by atomic mass is 16.5. The molecule has 33 heavy (non-hydrogen) atoms. The number of ether oxygens (including phenoxy) is 1. The van der Waals surface area contributed by atoms with Crippen LogP contribution in [0.1, 0.15) is 110 Å². The van der Waals surface area contributed by atoms with Gasteiger partial charge in [0.25, 0.3) is 0 Å². The third kappa shape index (κ3) is 8.25. The lowest BCUT2D eigenvalue weighted by molar-refractivity contribution is -0.00691. The first-order valence-corrected chi connectivity index (χ1v) is 13.4. The number of hydrogen-bond donors (Lipinski definition) is 3. The Labute approximate surface area is 201 Å². The van der Waals surface area contributed by atoms with Gasteiger partial charge in [-0.2, -0.15) is 0 Å². The molecule has 3 fully saturated rings. The molecule has 0 aliphatic heterocycles. The van der Waals surface area contributed by atoms with E-state index >= 15 is 0 Å². The first-order chi connectivity index (χ1) is 15.9. The van der Waals surface area contributed by atoms with Crippen molar-refractivity contribution >= 4 is 0 Å². The van der Waals surface area contributed by atoms with E-state index < -0.39 is 17.8 Å². The molecule has 2 atom stereocenters. The molecular weight excluding hydrogens is 412 g/mol. The van der Waals surface area contributed by atoms with Crippen LogP contribution in [0, 0.1) is 17.3 Å². The van der Waals surface area contributed by atoms with Gasteiger partial charge in [0, 0.05) is 12.8 Å². The fourth-order valence-electron chi connectivity index (χ4n) is 5.92. The van der Waals surface area contributed by atoms with Gasteiger partial charge in [-0.15, -0.1) is 11.8 Å². The standard InChI is InChI=1S/C29H46O4/c1-3-29(32,4-2)15-6-5-7-18-33-27-12-16-28(17-13-27)14-8-9-23(22-28)10-11-24-19-25(30)21-26(31)20-24/h10-11,25-27,30-32H,3-4,7-9,12-22H2,1-2H3/b23-10+,24-11?/t25-,26+,27?,28?. The Bertz CT molecular complexity index is 716. The lowest BCUT2D eigenvalue weighted by Crippen LogP contribution is -2.33. The summed E-state index contributed by atoms with van der Waals surface area (Å²) in [6.45, 7) is 4.72.